The van der Waals surface area contributed by atoms with Gasteiger partial charge in [-0.2, -0.15) is 0 Å². The third kappa shape index (κ3) is 5.50. The molecule has 1 rings (SSSR count). The zero-order valence-corrected chi connectivity index (χ0v) is 13.5. The standard InChI is InChI=1S/C15H19NO6S/c1-3-9-22-10-13(15(18)19)16-14(17)11-5-7-12(8-6-11)23(20,21)4-2/h3,5-8,13H,1,4,9-10H2,2H3,(H,16,17)(H,18,19). The van der Waals surface area contributed by atoms with E-state index in [-0.39, 0.29) is 29.4 Å². The van der Waals surface area contributed by atoms with Gasteiger partial charge in [-0.15, -0.1) is 6.58 Å². The molecule has 8 heteroatoms. The van der Waals surface area contributed by atoms with Crippen molar-refractivity contribution >= 4 is 21.7 Å². The maximum atomic E-state index is 12.0. The smallest absolute Gasteiger partial charge is 0.328 e. The highest BCUT2D eigenvalue weighted by atomic mass is 32.2. The number of aliphatic carboxylic acids is 1. The fourth-order valence-electron chi connectivity index (χ4n) is 1.67. The SMILES string of the molecule is C=CCOCC(NC(=O)c1ccc(S(=O)(=O)CC)cc1)C(=O)O. The second kappa shape index (κ2) is 8.44. The zero-order valence-electron chi connectivity index (χ0n) is 12.7. The molecular formula is C15H19NO6S. The van der Waals surface area contributed by atoms with Gasteiger partial charge in [-0.05, 0) is 24.3 Å². The van der Waals surface area contributed by atoms with Crippen LogP contribution in [0.4, 0.5) is 0 Å². The summed E-state index contributed by atoms with van der Waals surface area (Å²) < 4.78 is 28.4. The molecule has 1 aromatic carbocycles. The molecule has 1 aromatic rings. The number of sulfone groups is 1. The van der Waals surface area contributed by atoms with Gasteiger partial charge in [0.25, 0.3) is 5.91 Å². The van der Waals surface area contributed by atoms with Gasteiger partial charge in [0.05, 0.1) is 23.9 Å². The van der Waals surface area contributed by atoms with E-state index in [0.29, 0.717) is 0 Å². The number of carboxylic acids is 1. The van der Waals surface area contributed by atoms with E-state index in [1.807, 2.05) is 0 Å². The van der Waals surface area contributed by atoms with Gasteiger partial charge in [0.15, 0.2) is 15.9 Å². The predicted molar refractivity (Wildman–Crippen MR) is 84.1 cm³/mol. The highest BCUT2D eigenvalue weighted by molar-refractivity contribution is 7.91. The number of carboxylic acid groups (broad SMARTS) is 1. The number of hydrogen-bond donors (Lipinski definition) is 2. The van der Waals surface area contributed by atoms with Crippen LogP contribution >= 0.6 is 0 Å². The predicted octanol–water partition coefficient (Wildman–Crippen LogP) is 0.866. The average molecular weight is 341 g/mol. The molecule has 0 aliphatic heterocycles. The molecule has 0 fully saturated rings. The molecule has 126 valence electrons. The van der Waals surface area contributed by atoms with Gasteiger partial charge < -0.3 is 15.2 Å². The topological polar surface area (TPSA) is 110 Å². The Kier molecular flexibility index (Phi) is 6.92. The van der Waals surface area contributed by atoms with E-state index >= 15 is 0 Å². The number of hydrogen-bond acceptors (Lipinski definition) is 5. The van der Waals surface area contributed by atoms with Crippen molar-refractivity contribution in [2.24, 2.45) is 0 Å². The molecule has 0 heterocycles. The molecule has 0 saturated carbocycles. The van der Waals surface area contributed by atoms with Gasteiger partial charge in [-0.25, -0.2) is 13.2 Å². The minimum absolute atomic E-state index is 0.0414. The lowest BCUT2D eigenvalue weighted by atomic mass is 10.2. The van der Waals surface area contributed by atoms with Crippen LogP contribution in [0.3, 0.4) is 0 Å². The molecule has 2 N–H and O–H groups in total. The molecule has 0 radical (unpaired) electrons. The molecule has 0 saturated heterocycles. The van der Waals surface area contributed by atoms with Crippen LogP contribution in [0.1, 0.15) is 17.3 Å². The number of amides is 1. The highest BCUT2D eigenvalue weighted by Crippen LogP contribution is 2.12. The Morgan fingerprint density at radius 1 is 1.35 bits per heavy atom. The molecule has 0 aromatic heterocycles. The molecule has 23 heavy (non-hydrogen) atoms. The minimum Gasteiger partial charge on any atom is -0.480 e. The Morgan fingerprint density at radius 2 is 1.96 bits per heavy atom. The maximum absolute atomic E-state index is 12.0. The average Bonchev–Trinajstić information content (AvgIpc) is 2.53. The van der Waals surface area contributed by atoms with Crippen LogP contribution in [-0.4, -0.2) is 50.4 Å². The molecular weight excluding hydrogens is 322 g/mol. The fourth-order valence-corrected chi connectivity index (χ4v) is 2.55. The van der Waals surface area contributed by atoms with Gasteiger partial charge >= 0.3 is 5.97 Å². The van der Waals surface area contributed by atoms with Crippen LogP contribution < -0.4 is 5.32 Å². The number of rotatable bonds is 9. The summed E-state index contributed by atoms with van der Waals surface area (Å²) in [6.45, 7) is 4.93. The van der Waals surface area contributed by atoms with Crippen molar-refractivity contribution in [1.29, 1.82) is 0 Å². The number of carbonyl (C=O) groups is 2. The third-order valence-corrected chi connectivity index (χ3v) is 4.73. The number of carbonyl (C=O) groups excluding carboxylic acids is 1. The first-order valence-corrected chi connectivity index (χ1v) is 8.52. The van der Waals surface area contributed by atoms with Gasteiger partial charge in [-0.1, -0.05) is 13.0 Å². The van der Waals surface area contributed by atoms with E-state index in [1.54, 1.807) is 0 Å². The first-order chi connectivity index (χ1) is 10.8. The number of nitrogens with one attached hydrogen (secondary N) is 1. The normalized spacial score (nSPS) is 12.4. The van der Waals surface area contributed by atoms with E-state index in [1.165, 1.54) is 37.3 Å². The summed E-state index contributed by atoms with van der Waals surface area (Å²) in [4.78, 5) is 23.2. The van der Waals surface area contributed by atoms with Crippen LogP contribution in [0.25, 0.3) is 0 Å². The summed E-state index contributed by atoms with van der Waals surface area (Å²) in [5.41, 5.74) is 0.162. The van der Waals surface area contributed by atoms with E-state index in [4.69, 9.17) is 9.84 Å². The van der Waals surface area contributed by atoms with E-state index in [9.17, 15) is 18.0 Å². The zero-order chi connectivity index (χ0) is 17.5. The van der Waals surface area contributed by atoms with Crippen LogP contribution in [0.2, 0.25) is 0 Å². The minimum atomic E-state index is -3.35. The fraction of sp³-hybridized carbons (Fsp3) is 0.333. The molecule has 7 nitrogen and oxygen atoms in total. The van der Waals surface area contributed by atoms with Crippen LogP contribution in [0, 0.1) is 0 Å². The van der Waals surface area contributed by atoms with Gasteiger partial charge in [0.2, 0.25) is 0 Å². The van der Waals surface area contributed by atoms with Gasteiger partial charge in [-0.3, -0.25) is 4.79 Å². The largest absolute Gasteiger partial charge is 0.480 e. The molecule has 0 aliphatic rings. The third-order valence-electron chi connectivity index (χ3n) is 2.98. The van der Waals surface area contributed by atoms with Crippen molar-refractivity contribution in [2.45, 2.75) is 17.9 Å². The maximum Gasteiger partial charge on any atom is 0.328 e. The Balaban J connectivity index is 2.80. The Bertz CT molecular complexity index is 666. The summed E-state index contributed by atoms with van der Waals surface area (Å²) in [6.07, 6.45) is 1.47. The second-order valence-electron chi connectivity index (χ2n) is 4.62. The lowest BCUT2D eigenvalue weighted by Crippen LogP contribution is -2.44. The second-order valence-corrected chi connectivity index (χ2v) is 6.90. The van der Waals surface area contributed by atoms with Crippen molar-refractivity contribution < 1.29 is 27.9 Å². The summed E-state index contributed by atoms with van der Waals surface area (Å²) in [5.74, 6) is -1.90. The van der Waals surface area contributed by atoms with E-state index < -0.39 is 27.8 Å². The van der Waals surface area contributed by atoms with Crippen LogP contribution in [0.15, 0.2) is 41.8 Å². The van der Waals surface area contributed by atoms with Crippen molar-refractivity contribution in [3.63, 3.8) is 0 Å². The lowest BCUT2D eigenvalue weighted by Gasteiger charge is -2.14. The first-order valence-electron chi connectivity index (χ1n) is 6.87. The Labute approximate surface area is 134 Å². The van der Waals surface area contributed by atoms with Crippen LogP contribution in [-0.2, 0) is 19.4 Å². The summed E-state index contributed by atoms with van der Waals surface area (Å²) in [6, 6.07) is 4.10. The Morgan fingerprint density at radius 3 is 2.43 bits per heavy atom. The van der Waals surface area contributed by atoms with Gasteiger partial charge in [0, 0.05) is 5.56 Å². The molecule has 0 aliphatic carbocycles. The number of ether oxygens (including phenoxy) is 1. The lowest BCUT2D eigenvalue weighted by molar-refractivity contribution is -0.140. The quantitative estimate of drug-likeness (QED) is 0.509. The summed E-state index contributed by atoms with van der Waals surface area (Å²) in [7, 11) is -3.35. The molecule has 1 atom stereocenters. The summed E-state index contributed by atoms with van der Waals surface area (Å²) in [5, 5.41) is 11.4. The van der Waals surface area contributed by atoms with Crippen LogP contribution in [0.5, 0.6) is 0 Å². The van der Waals surface area contributed by atoms with E-state index in [0.717, 1.165) is 0 Å². The van der Waals surface area contributed by atoms with Crippen molar-refractivity contribution in [1.82, 2.24) is 5.32 Å². The van der Waals surface area contributed by atoms with Gasteiger partial charge in [0.1, 0.15) is 0 Å². The molecule has 0 spiro atoms. The Hall–Kier alpha value is -2.19. The van der Waals surface area contributed by atoms with E-state index in [2.05, 4.69) is 11.9 Å². The first kappa shape index (κ1) is 18.9. The monoisotopic (exact) mass is 341 g/mol. The molecule has 1 amide bonds. The van der Waals surface area contributed by atoms with Crippen molar-refractivity contribution in [3.05, 3.63) is 42.5 Å². The molecule has 1 unspecified atom stereocenters. The highest BCUT2D eigenvalue weighted by Gasteiger charge is 2.21. The summed E-state index contributed by atoms with van der Waals surface area (Å²) >= 11 is 0. The number of benzene rings is 1. The van der Waals surface area contributed by atoms with Crippen molar-refractivity contribution in [3.8, 4) is 0 Å². The van der Waals surface area contributed by atoms with Crippen molar-refractivity contribution in [2.75, 3.05) is 19.0 Å². The molecule has 0 bridgehead atoms.